The summed E-state index contributed by atoms with van der Waals surface area (Å²) in [7, 11) is -3.76. The minimum Gasteiger partial charge on any atom is -0.334 e. The minimum absolute atomic E-state index is 0.130. The lowest BCUT2D eigenvalue weighted by Crippen LogP contribution is -2.36. The minimum atomic E-state index is -3.76. The molecule has 0 fully saturated rings. The number of carbonyl (C=O) groups is 1. The van der Waals surface area contributed by atoms with Crippen LogP contribution in [0.25, 0.3) is 0 Å². The van der Waals surface area contributed by atoms with Crippen LogP contribution < -0.4 is 4.72 Å². The molecule has 1 aliphatic rings. The maximum atomic E-state index is 14.1. The number of aromatic nitrogens is 2. The van der Waals surface area contributed by atoms with Gasteiger partial charge in [0.05, 0.1) is 16.7 Å². The zero-order chi connectivity index (χ0) is 17.3. The molecule has 1 aromatic carbocycles. The Morgan fingerprint density at radius 3 is 3.00 bits per heavy atom. The Morgan fingerprint density at radius 2 is 2.25 bits per heavy atom. The molecular weight excluding hydrogens is 335 g/mol. The van der Waals surface area contributed by atoms with Crippen molar-refractivity contribution in [2.24, 2.45) is 0 Å². The molecule has 0 radical (unpaired) electrons. The normalized spacial score (nSPS) is 14.5. The molecule has 24 heavy (non-hydrogen) atoms. The number of halogens is 1. The maximum Gasteiger partial charge on any atom is 0.257 e. The lowest BCUT2D eigenvalue weighted by atomic mass is 10.1. The van der Waals surface area contributed by atoms with Crippen molar-refractivity contribution in [3.63, 3.8) is 0 Å². The Kier molecular flexibility index (Phi) is 4.37. The summed E-state index contributed by atoms with van der Waals surface area (Å²) in [6.45, 7) is 2.58. The number of rotatable bonds is 4. The number of sulfonamides is 1. The first-order valence-electron chi connectivity index (χ1n) is 7.52. The first kappa shape index (κ1) is 16.6. The van der Waals surface area contributed by atoms with Crippen molar-refractivity contribution in [2.45, 2.75) is 24.8 Å². The first-order valence-corrected chi connectivity index (χ1v) is 9.00. The number of H-pyrrole nitrogens is 1. The monoisotopic (exact) mass is 352 g/mol. The highest BCUT2D eigenvalue weighted by Crippen LogP contribution is 2.21. The van der Waals surface area contributed by atoms with E-state index in [1.54, 1.807) is 13.1 Å². The molecule has 2 heterocycles. The van der Waals surface area contributed by atoms with E-state index in [0.717, 1.165) is 29.5 Å². The maximum absolute atomic E-state index is 14.1. The van der Waals surface area contributed by atoms with Gasteiger partial charge in [0.15, 0.2) is 0 Å². The van der Waals surface area contributed by atoms with Crippen molar-refractivity contribution in [1.29, 1.82) is 0 Å². The third-order valence-electron chi connectivity index (χ3n) is 3.90. The number of nitrogens with zero attached hydrogens (tertiary/aromatic N) is 2. The topological polar surface area (TPSA) is 95.2 Å². The lowest BCUT2D eigenvalue weighted by molar-refractivity contribution is 0.0729. The Morgan fingerprint density at radius 1 is 1.46 bits per heavy atom. The number of aromatic amines is 1. The van der Waals surface area contributed by atoms with Crippen LogP contribution in [0.3, 0.4) is 0 Å². The molecule has 0 aliphatic carbocycles. The van der Waals surface area contributed by atoms with E-state index in [1.807, 2.05) is 0 Å². The van der Waals surface area contributed by atoms with Crippen molar-refractivity contribution in [3.05, 3.63) is 47.0 Å². The Hall–Kier alpha value is -2.26. The summed E-state index contributed by atoms with van der Waals surface area (Å²) in [6, 6.07) is 3.24. The molecular formula is C15H17FN4O3S. The summed E-state index contributed by atoms with van der Waals surface area (Å²) >= 11 is 0. The molecule has 1 aromatic heterocycles. The molecule has 2 aromatic rings. The van der Waals surface area contributed by atoms with Gasteiger partial charge < -0.3 is 4.90 Å². The van der Waals surface area contributed by atoms with E-state index < -0.39 is 21.7 Å². The van der Waals surface area contributed by atoms with Crippen LogP contribution in [0, 0.1) is 5.82 Å². The van der Waals surface area contributed by atoms with Gasteiger partial charge in [-0.1, -0.05) is 6.92 Å². The van der Waals surface area contributed by atoms with E-state index in [1.165, 1.54) is 4.90 Å². The number of carbonyl (C=O) groups excluding carboxylic acids is 1. The predicted octanol–water partition coefficient (Wildman–Crippen LogP) is 1.05. The van der Waals surface area contributed by atoms with Crippen molar-refractivity contribution in [1.82, 2.24) is 19.8 Å². The lowest BCUT2D eigenvalue weighted by Gasteiger charge is -2.26. The second-order valence-electron chi connectivity index (χ2n) is 5.49. The van der Waals surface area contributed by atoms with Gasteiger partial charge in [-0.15, -0.1) is 0 Å². The van der Waals surface area contributed by atoms with Crippen LogP contribution in [0.2, 0.25) is 0 Å². The third-order valence-corrected chi connectivity index (χ3v) is 5.44. The van der Waals surface area contributed by atoms with Gasteiger partial charge in [-0.2, -0.15) is 5.10 Å². The molecule has 1 aliphatic heterocycles. The summed E-state index contributed by atoms with van der Waals surface area (Å²) in [4.78, 5) is 14.0. The quantitative estimate of drug-likeness (QED) is 0.860. The molecule has 7 nitrogen and oxygen atoms in total. The van der Waals surface area contributed by atoms with Crippen LogP contribution in [0.4, 0.5) is 4.39 Å². The highest BCUT2D eigenvalue weighted by Gasteiger charge is 2.26. The van der Waals surface area contributed by atoms with E-state index in [2.05, 4.69) is 14.9 Å². The van der Waals surface area contributed by atoms with Crippen LogP contribution in [-0.2, 0) is 23.0 Å². The molecule has 0 bridgehead atoms. The van der Waals surface area contributed by atoms with Crippen molar-refractivity contribution < 1.29 is 17.6 Å². The van der Waals surface area contributed by atoms with Crippen molar-refractivity contribution in [2.75, 3.05) is 13.1 Å². The van der Waals surface area contributed by atoms with E-state index >= 15 is 0 Å². The fraction of sp³-hybridized carbons (Fsp3) is 0.333. The standard InChI is InChI=1S/C15H17FN4O3S/c1-2-18-24(22,23)11-3-4-13(16)12(7-11)15(21)20-6-5-14-10(9-20)8-17-19-14/h3-4,7-8,18H,2,5-6,9H2,1H3,(H,17,19). The third kappa shape index (κ3) is 3.04. The van der Waals surface area contributed by atoms with Gasteiger partial charge in [-0.3, -0.25) is 9.89 Å². The highest BCUT2D eigenvalue weighted by atomic mass is 32.2. The molecule has 0 unspecified atom stereocenters. The van der Waals surface area contributed by atoms with Crippen LogP contribution in [0.5, 0.6) is 0 Å². The Bertz CT molecular complexity index is 879. The van der Waals surface area contributed by atoms with E-state index in [-0.39, 0.29) is 17.0 Å². The number of fused-ring (bicyclic) bond motifs is 1. The highest BCUT2D eigenvalue weighted by molar-refractivity contribution is 7.89. The fourth-order valence-corrected chi connectivity index (χ4v) is 3.74. The van der Waals surface area contributed by atoms with Gasteiger partial charge in [0.2, 0.25) is 10.0 Å². The summed E-state index contributed by atoms with van der Waals surface area (Å²) in [6.07, 6.45) is 2.23. The molecule has 0 spiro atoms. The number of hydrogen-bond acceptors (Lipinski definition) is 4. The second kappa shape index (κ2) is 6.33. The van der Waals surface area contributed by atoms with Gasteiger partial charge in [0.25, 0.3) is 5.91 Å². The average molecular weight is 352 g/mol. The predicted molar refractivity (Wildman–Crippen MR) is 84.3 cm³/mol. The van der Waals surface area contributed by atoms with Crippen molar-refractivity contribution in [3.8, 4) is 0 Å². The molecule has 9 heteroatoms. The first-order chi connectivity index (χ1) is 11.4. The van der Waals surface area contributed by atoms with Crippen LogP contribution in [0.15, 0.2) is 29.3 Å². The fourth-order valence-electron chi connectivity index (χ4n) is 2.67. The van der Waals surface area contributed by atoms with E-state index in [9.17, 15) is 17.6 Å². The SMILES string of the molecule is CCNS(=O)(=O)c1ccc(F)c(C(=O)N2CCc3[nH]ncc3C2)c1. The van der Waals surface area contributed by atoms with Gasteiger partial charge in [-0.05, 0) is 18.2 Å². The van der Waals surface area contributed by atoms with E-state index in [4.69, 9.17) is 0 Å². The smallest absolute Gasteiger partial charge is 0.257 e. The summed E-state index contributed by atoms with van der Waals surface area (Å²) in [5.41, 5.74) is 1.59. The largest absolute Gasteiger partial charge is 0.334 e. The van der Waals surface area contributed by atoms with Gasteiger partial charge in [0, 0.05) is 37.3 Å². The average Bonchev–Trinajstić information content (AvgIpc) is 3.02. The molecule has 0 saturated carbocycles. The zero-order valence-electron chi connectivity index (χ0n) is 13.0. The van der Waals surface area contributed by atoms with Gasteiger partial charge in [-0.25, -0.2) is 17.5 Å². The van der Waals surface area contributed by atoms with Crippen LogP contribution in [0.1, 0.15) is 28.5 Å². The summed E-state index contributed by atoms with van der Waals surface area (Å²) in [5, 5.41) is 6.79. The van der Waals surface area contributed by atoms with E-state index in [0.29, 0.717) is 19.5 Å². The second-order valence-corrected chi connectivity index (χ2v) is 7.26. The van der Waals surface area contributed by atoms with Crippen LogP contribution >= 0.6 is 0 Å². The Labute approximate surface area is 138 Å². The number of nitrogens with one attached hydrogen (secondary N) is 2. The molecule has 1 amide bonds. The molecule has 0 saturated heterocycles. The zero-order valence-corrected chi connectivity index (χ0v) is 13.9. The molecule has 0 atom stereocenters. The van der Waals surface area contributed by atoms with Crippen molar-refractivity contribution >= 4 is 15.9 Å². The Balaban J connectivity index is 1.90. The molecule has 3 rings (SSSR count). The molecule has 2 N–H and O–H groups in total. The summed E-state index contributed by atoms with van der Waals surface area (Å²) < 4.78 is 40.5. The number of hydrogen-bond donors (Lipinski definition) is 2. The number of amides is 1. The summed E-state index contributed by atoms with van der Waals surface area (Å²) in [5.74, 6) is -1.28. The number of benzene rings is 1. The van der Waals surface area contributed by atoms with Gasteiger partial charge >= 0.3 is 0 Å². The van der Waals surface area contributed by atoms with Gasteiger partial charge in [0.1, 0.15) is 5.82 Å². The molecule has 128 valence electrons. The van der Waals surface area contributed by atoms with Crippen LogP contribution in [-0.4, -0.2) is 42.5 Å².